The van der Waals surface area contributed by atoms with Crippen molar-refractivity contribution in [2.45, 2.75) is 36.7 Å². The molecule has 0 unspecified atom stereocenters. The van der Waals surface area contributed by atoms with E-state index in [1.165, 1.54) is 12.1 Å². The summed E-state index contributed by atoms with van der Waals surface area (Å²) in [5, 5.41) is 8.02. The average molecular weight is 487 g/mol. The van der Waals surface area contributed by atoms with Gasteiger partial charge in [0.2, 0.25) is 15.9 Å². The monoisotopic (exact) mass is 486 g/mol. The Bertz CT molecular complexity index is 1130. The molecule has 182 valence electrons. The molecule has 0 saturated carbocycles. The number of fused-ring (bicyclic) bond motifs is 1. The van der Waals surface area contributed by atoms with Gasteiger partial charge in [-0.15, -0.1) is 0 Å². The molecule has 2 aliphatic rings. The van der Waals surface area contributed by atoms with Gasteiger partial charge in [-0.2, -0.15) is 0 Å². The molecule has 2 aromatic carbocycles. The Hall–Kier alpha value is -3.11. The third-order valence-corrected chi connectivity index (χ3v) is 7.06. The van der Waals surface area contributed by atoms with Crippen molar-refractivity contribution >= 4 is 27.5 Å². The summed E-state index contributed by atoms with van der Waals surface area (Å²) >= 11 is 0. The molecular formula is C24H30N4O5S. The molecule has 1 atom stereocenters. The summed E-state index contributed by atoms with van der Waals surface area (Å²) in [4.78, 5) is 29.5. The van der Waals surface area contributed by atoms with Crippen LogP contribution in [0.3, 0.4) is 0 Å². The molecule has 4 rings (SSSR count). The van der Waals surface area contributed by atoms with E-state index in [0.717, 1.165) is 43.6 Å². The molecule has 2 amide bonds. The number of carbonyl (C=O) groups excluding carboxylic acids is 2. The van der Waals surface area contributed by atoms with Crippen LogP contribution in [-0.2, 0) is 26.0 Å². The number of piperidine rings is 1. The van der Waals surface area contributed by atoms with E-state index in [2.05, 4.69) is 5.32 Å². The molecule has 0 bridgehead atoms. The highest BCUT2D eigenvalue weighted by atomic mass is 32.2. The van der Waals surface area contributed by atoms with Gasteiger partial charge in [-0.05, 0) is 55.5 Å². The third kappa shape index (κ3) is 5.87. The number of carbonyl (C=O) groups is 2. The van der Waals surface area contributed by atoms with Crippen LogP contribution in [0.25, 0.3) is 0 Å². The zero-order valence-electron chi connectivity index (χ0n) is 19.0. The van der Waals surface area contributed by atoms with Crippen LogP contribution in [-0.4, -0.2) is 64.0 Å². The number of ether oxygens (including phenoxy) is 1. The maximum atomic E-state index is 13.0. The number of hydrogen-bond acceptors (Lipinski definition) is 6. The number of nitrogens with one attached hydrogen (secondary N) is 1. The van der Waals surface area contributed by atoms with E-state index in [-0.39, 0.29) is 23.3 Å². The van der Waals surface area contributed by atoms with Crippen LogP contribution < -0.4 is 20.1 Å². The van der Waals surface area contributed by atoms with Crippen molar-refractivity contribution < 1.29 is 22.7 Å². The first-order valence-electron chi connectivity index (χ1n) is 11.5. The van der Waals surface area contributed by atoms with Gasteiger partial charge in [-0.25, -0.2) is 13.6 Å². The molecule has 3 N–H and O–H groups in total. The number of benzene rings is 2. The lowest BCUT2D eigenvalue weighted by Crippen LogP contribution is -2.53. The Morgan fingerprint density at radius 2 is 1.74 bits per heavy atom. The van der Waals surface area contributed by atoms with Crippen LogP contribution >= 0.6 is 0 Å². The second kappa shape index (κ2) is 10.4. The van der Waals surface area contributed by atoms with Gasteiger partial charge >= 0.3 is 0 Å². The zero-order chi connectivity index (χ0) is 24.1. The van der Waals surface area contributed by atoms with Crippen molar-refractivity contribution in [3.05, 3.63) is 54.1 Å². The number of amides is 2. The molecule has 9 nitrogen and oxygen atoms in total. The number of anilines is 1. The van der Waals surface area contributed by atoms with Crippen molar-refractivity contribution in [1.82, 2.24) is 10.2 Å². The Labute approximate surface area is 199 Å². The van der Waals surface area contributed by atoms with E-state index in [9.17, 15) is 18.0 Å². The van der Waals surface area contributed by atoms with Gasteiger partial charge in [0.15, 0.2) is 6.10 Å². The van der Waals surface area contributed by atoms with Crippen LogP contribution in [0.15, 0.2) is 53.4 Å². The van der Waals surface area contributed by atoms with Crippen molar-refractivity contribution in [3.8, 4) is 5.75 Å². The molecule has 0 radical (unpaired) electrons. The SMILES string of the molecule is NS(=O)(=O)c1ccc(CCNC(=O)CN2C[C@H](C(=O)N3CCCCC3)Oc3ccccc32)cc1. The highest BCUT2D eigenvalue weighted by molar-refractivity contribution is 7.89. The Morgan fingerprint density at radius 3 is 2.44 bits per heavy atom. The number of para-hydroxylation sites is 2. The maximum Gasteiger partial charge on any atom is 0.265 e. The molecule has 0 spiro atoms. The minimum Gasteiger partial charge on any atom is -0.477 e. The molecular weight excluding hydrogens is 456 g/mol. The van der Waals surface area contributed by atoms with E-state index >= 15 is 0 Å². The summed E-state index contributed by atoms with van der Waals surface area (Å²) in [6.07, 6.45) is 3.06. The number of likely N-dealkylation sites (tertiary alicyclic amines) is 1. The Balaban J connectivity index is 1.34. The number of sulfonamides is 1. The second-order valence-electron chi connectivity index (χ2n) is 8.63. The van der Waals surface area contributed by atoms with E-state index < -0.39 is 16.1 Å². The summed E-state index contributed by atoms with van der Waals surface area (Å²) in [5.41, 5.74) is 1.68. The normalized spacial score (nSPS) is 18.1. The number of hydrogen-bond donors (Lipinski definition) is 2. The van der Waals surface area contributed by atoms with Gasteiger partial charge in [0.05, 0.1) is 23.7 Å². The summed E-state index contributed by atoms with van der Waals surface area (Å²) < 4.78 is 28.7. The van der Waals surface area contributed by atoms with Crippen molar-refractivity contribution in [2.75, 3.05) is 37.6 Å². The van der Waals surface area contributed by atoms with Gasteiger partial charge < -0.3 is 19.9 Å². The predicted octanol–water partition coefficient (Wildman–Crippen LogP) is 1.27. The molecule has 0 aliphatic carbocycles. The molecule has 34 heavy (non-hydrogen) atoms. The minimum atomic E-state index is -3.72. The first kappa shape index (κ1) is 24.0. The first-order chi connectivity index (χ1) is 16.3. The first-order valence-corrected chi connectivity index (χ1v) is 13.0. The quantitative estimate of drug-likeness (QED) is 0.608. The molecule has 2 aliphatic heterocycles. The highest BCUT2D eigenvalue weighted by Crippen LogP contribution is 2.33. The zero-order valence-corrected chi connectivity index (χ0v) is 19.8. The fraction of sp³-hybridized carbons (Fsp3) is 0.417. The molecule has 10 heteroatoms. The molecule has 0 aromatic heterocycles. The van der Waals surface area contributed by atoms with Gasteiger partial charge in [0, 0.05) is 19.6 Å². The van der Waals surface area contributed by atoms with E-state index in [4.69, 9.17) is 9.88 Å². The molecule has 2 aromatic rings. The lowest BCUT2D eigenvalue weighted by atomic mass is 10.1. The highest BCUT2D eigenvalue weighted by Gasteiger charge is 2.34. The van der Waals surface area contributed by atoms with Crippen molar-refractivity contribution in [1.29, 1.82) is 0 Å². The lowest BCUT2D eigenvalue weighted by Gasteiger charge is -2.38. The van der Waals surface area contributed by atoms with E-state index in [1.54, 1.807) is 12.1 Å². The van der Waals surface area contributed by atoms with E-state index in [1.807, 2.05) is 34.1 Å². The second-order valence-corrected chi connectivity index (χ2v) is 10.2. The van der Waals surface area contributed by atoms with Crippen LogP contribution in [0.5, 0.6) is 5.75 Å². The summed E-state index contributed by atoms with van der Waals surface area (Å²) in [6.45, 7) is 2.32. The van der Waals surface area contributed by atoms with Gasteiger partial charge in [0.1, 0.15) is 5.75 Å². The maximum absolute atomic E-state index is 13.0. The van der Waals surface area contributed by atoms with Crippen LogP contribution in [0, 0.1) is 0 Å². The average Bonchev–Trinajstić information content (AvgIpc) is 2.84. The number of primary sulfonamides is 1. The largest absolute Gasteiger partial charge is 0.477 e. The smallest absolute Gasteiger partial charge is 0.265 e. The molecule has 2 heterocycles. The van der Waals surface area contributed by atoms with E-state index in [0.29, 0.717) is 25.3 Å². The van der Waals surface area contributed by atoms with Crippen molar-refractivity contribution in [3.63, 3.8) is 0 Å². The number of nitrogens with two attached hydrogens (primary N) is 1. The molecule has 1 fully saturated rings. The lowest BCUT2D eigenvalue weighted by molar-refractivity contribution is -0.139. The van der Waals surface area contributed by atoms with Crippen LogP contribution in [0.2, 0.25) is 0 Å². The summed E-state index contributed by atoms with van der Waals surface area (Å²) in [6, 6.07) is 13.7. The number of nitrogens with zero attached hydrogens (tertiary/aromatic N) is 2. The van der Waals surface area contributed by atoms with Gasteiger partial charge in [-0.3, -0.25) is 9.59 Å². The van der Waals surface area contributed by atoms with Gasteiger partial charge in [-0.1, -0.05) is 24.3 Å². The minimum absolute atomic E-state index is 0.0254. The topological polar surface area (TPSA) is 122 Å². The predicted molar refractivity (Wildman–Crippen MR) is 128 cm³/mol. The molecule has 1 saturated heterocycles. The summed E-state index contributed by atoms with van der Waals surface area (Å²) in [7, 11) is -3.72. The van der Waals surface area contributed by atoms with Crippen molar-refractivity contribution in [2.24, 2.45) is 5.14 Å². The van der Waals surface area contributed by atoms with Gasteiger partial charge in [0.25, 0.3) is 5.91 Å². The number of rotatable bonds is 7. The Kier molecular flexibility index (Phi) is 7.38. The standard InChI is InChI=1S/C24H30N4O5S/c25-34(31,32)19-10-8-18(9-11-19)12-13-26-23(29)17-28-16-22(24(30)27-14-4-1-5-15-27)33-21-7-3-2-6-20(21)28/h2-3,6-11,22H,1,4-5,12-17H2,(H,26,29)(H2,25,31,32)/t22-/m1/s1. The fourth-order valence-electron chi connectivity index (χ4n) is 4.32. The third-order valence-electron chi connectivity index (χ3n) is 6.13. The Morgan fingerprint density at radius 1 is 1.03 bits per heavy atom. The van der Waals surface area contributed by atoms with Crippen LogP contribution in [0.1, 0.15) is 24.8 Å². The van der Waals surface area contributed by atoms with Crippen LogP contribution in [0.4, 0.5) is 5.69 Å². The summed E-state index contributed by atoms with van der Waals surface area (Å²) in [5.74, 6) is 0.413. The fourth-order valence-corrected chi connectivity index (χ4v) is 4.84.